The van der Waals surface area contributed by atoms with Crippen LogP contribution in [-0.2, 0) is 0 Å². The first kappa shape index (κ1) is 16.2. The number of thiazole rings is 1. The molecule has 0 atom stereocenters. The zero-order valence-corrected chi connectivity index (χ0v) is 14.5. The quantitative estimate of drug-likeness (QED) is 0.413. The van der Waals surface area contributed by atoms with Crippen LogP contribution in [0, 0.1) is 17.0 Å². The molecule has 0 saturated heterocycles. The van der Waals surface area contributed by atoms with Gasteiger partial charge in [-0.15, -0.1) is 0 Å². The van der Waals surface area contributed by atoms with Gasteiger partial charge in [0, 0.05) is 22.6 Å². The van der Waals surface area contributed by atoms with Crippen LogP contribution in [0.15, 0.2) is 54.6 Å². The topological polar surface area (TPSA) is 85.1 Å². The minimum Gasteiger partial charge on any atom is -0.298 e. The maximum atomic E-state index is 12.6. The summed E-state index contributed by atoms with van der Waals surface area (Å²) in [6.07, 6.45) is 0. The number of benzene rings is 3. The van der Waals surface area contributed by atoms with E-state index in [2.05, 4.69) is 10.3 Å². The summed E-state index contributed by atoms with van der Waals surface area (Å²) in [5.74, 6) is -0.408. The lowest BCUT2D eigenvalue weighted by atomic mass is 10.1. The van der Waals surface area contributed by atoms with Crippen molar-refractivity contribution in [1.29, 1.82) is 0 Å². The number of nitrogens with one attached hydrogen (secondary N) is 1. The number of aromatic nitrogens is 1. The summed E-state index contributed by atoms with van der Waals surface area (Å²) in [7, 11) is 0. The monoisotopic (exact) mass is 363 g/mol. The zero-order valence-electron chi connectivity index (χ0n) is 13.7. The molecule has 0 aliphatic carbocycles. The third-order valence-electron chi connectivity index (χ3n) is 4.25. The van der Waals surface area contributed by atoms with Gasteiger partial charge in [0.1, 0.15) is 0 Å². The number of amides is 1. The molecule has 6 nitrogen and oxygen atoms in total. The fourth-order valence-corrected chi connectivity index (χ4v) is 3.82. The second-order valence-corrected chi connectivity index (χ2v) is 6.84. The Morgan fingerprint density at radius 2 is 1.92 bits per heavy atom. The van der Waals surface area contributed by atoms with Crippen molar-refractivity contribution in [2.24, 2.45) is 0 Å². The summed E-state index contributed by atoms with van der Waals surface area (Å²) >= 11 is 1.37. The van der Waals surface area contributed by atoms with E-state index in [9.17, 15) is 14.9 Å². The van der Waals surface area contributed by atoms with Crippen molar-refractivity contribution >= 4 is 49.1 Å². The fourth-order valence-electron chi connectivity index (χ4n) is 2.95. The van der Waals surface area contributed by atoms with Crippen molar-refractivity contribution in [2.75, 3.05) is 5.32 Å². The van der Waals surface area contributed by atoms with Crippen LogP contribution in [-0.4, -0.2) is 15.8 Å². The molecule has 0 aliphatic heterocycles. The molecule has 1 N–H and O–H groups in total. The smallest absolute Gasteiger partial charge is 0.273 e. The molecule has 1 amide bonds. The number of nitro benzene ring substituents is 1. The minimum atomic E-state index is -0.490. The molecule has 0 unspecified atom stereocenters. The lowest BCUT2D eigenvalue weighted by Gasteiger charge is -2.05. The van der Waals surface area contributed by atoms with Gasteiger partial charge in [0.05, 0.1) is 15.1 Å². The van der Waals surface area contributed by atoms with Crippen LogP contribution in [0.2, 0.25) is 0 Å². The lowest BCUT2D eigenvalue weighted by molar-refractivity contribution is -0.385. The highest BCUT2D eigenvalue weighted by Crippen LogP contribution is 2.32. The van der Waals surface area contributed by atoms with Crippen molar-refractivity contribution in [2.45, 2.75) is 6.92 Å². The summed E-state index contributed by atoms with van der Waals surface area (Å²) in [6.45, 7) is 1.57. The van der Waals surface area contributed by atoms with Gasteiger partial charge in [0.2, 0.25) is 0 Å². The van der Waals surface area contributed by atoms with Crippen LogP contribution in [0.3, 0.4) is 0 Å². The number of hydrogen-bond donors (Lipinski definition) is 1. The molecule has 0 radical (unpaired) electrons. The third-order valence-corrected chi connectivity index (χ3v) is 5.19. The Labute approximate surface area is 152 Å². The molecule has 0 aliphatic rings. The Kier molecular flexibility index (Phi) is 3.85. The maximum absolute atomic E-state index is 12.6. The third kappa shape index (κ3) is 2.68. The van der Waals surface area contributed by atoms with E-state index >= 15 is 0 Å². The number of fused-ring (bicyclic) bond motifs is 3. The number of carbonyl (C=O) groups excluding carboxylic acids is 1. The van der Waals surface area contributed by atoms with E-state index in [1.54, 1.807) is 13.0 Å². The zero-order chi connectivity index (χ0) is 18.3. The number of carbonyl (C=O) groups is 1. The van der Waals surface area contributed by atoms with E-state index in [0.29, 0.717) is 10.7 Å². The molecular weight excluding hydrogens is 350 g/mol. The van der Waals surface area contributed by atoms with Crippen molar-refractivity contribution in [3.05, 3.63) is 75.8 Å². The van der Waals surface area contributed by atoms with E-state index in [4.69, 9.17) is 0 Å². The van der Waals surface area contributed by atoms with E-state index in [0.717, 1.165) is 21.0 Å². The summed E-state index contributed by atoms with van der Waals surface area (Å²) in [6, 6.07) is 16.4. The second kappa shape index (κ2) is 6.20. The van der Waals surface area contributed by atoms with Gasteiger partial charge in [-0.3, -0.25) is 20.2 Å². The predicted octanol–water partition coefficient (Wildman–Crippen LogP) is 4.92. The number of hydrogen-bond acceptors (Lipinski definition) is 5. The van der Waals surface area contributed by atoms with Gasteiger partial charge >= 0.3 is 0 Å². The van der Waals surface area contributed by atoms with Gasteiger partial charge in [-0.2, -0.15) is 0 Å². The highest BCUT2D eigenvalue weighted by molar-refractivity contribution is 7.22. The first-order valence-electron chi connectivity index (χ1n) is 7.88. The lowest BCUT2D eigenvalue weighted by Crippen LogP contribution is -2.13. The van der Waals surface area contributed by atoms with E-state index in [1.807, 2.05) is 36.4 Å². The van der Waals surface area contributed by atoms with Crippen molar-refractivity contribution in [1.82, 2.24) is 4.98 Å². The first-order chi connectivity index (χ1) is 12.5. The highest BCUT2D eigenvalue weighted by atomic mass is 32.1. The average Bonchev–Trinajstić information content (AvgIpc) is 3.04. The Morgan fingerprint density at radius 3 is 2.73 bits per heavy atom. The molecule has 4 rings (SSSR count). The van der Waals surface area contributed by atoms with Crippen molar-refractivity contribution in [3.8, 4) is 0 Å². The molecule has 3 aromatic carbocycles. The van der Waals surface area contributed by atoms with Crippen LogP contribution < -0.4 is 5.32 Å². The number of rotatable bonds is 3. The van der Waals surface area contributed by atoms with Crippen LogP contribution in [0.25, 0.3) is 21.0 Å². The van der Waals surface area contributed by atoms with E-state index in [-0.39, 0.29) is 11.3 Å². The molecule has 0 bridgehead atoms. The molecule has 7 heteroatoms. The molecule has 1 heterocycles. The second-order valence-electron chi connectivity index (χ2n) is 5.81. The van der Waals surface area contributed by atoms with Crippen LogP contribution in [0.1, 0.15) is 15.9 Å². The predicted molar refractivity (Wildman–Crippen MR) is 103 cm³/mol. The van der Waals surface area contributed by atoms with Gasteiger partial charge in [-0.1, -0.05) is 47.7 Å². The number of nitro groups is 1. The minimum absolute atomic E-state index is 0.0760. The normalized spacial score (nSPS) is 11.0. The molecular formula is C19H13N3O3S. The van der Waals surface area contributed by atoms with Gasteiger partial charge in [-0.25, -0.2) is 4.98 Å². The SMILES string of the molecule is Cc1c(C(=O)Nc2nc3c(ccc4ccccc43)s2)cccc1[N+](=O)[O-]. The summed E-state index contributed by atoms with van der Waals surface area (Å²) in [5.41, 5.74) is 1.36. The number of anilines is 1. The standard InChI is InChI=1S/C19H13N3O3S/c1-11-13(7-4-8-15(11)22(24)25)18(23)21-19-20-17-14-6-3-2-5-12(14)9-10-16(17)26-19/h2-10H,1H3,(H,20,21,23). The van der Waals surface area contributed by atoms with Gasteiger partial charge in [-0.05, 0) is 24.4 Å². The Balaban J connectivity index is 1.71. The Morgan fingerprint density at radius 1 is 1.12 bits per heavy atom. The summed E-state index contributed by atoms with van der Waals surface area (Å²) < 4.78 is 0.967. The Bertz CT molecular complexity index is 1180. The van der Waals surface area contributed by atoms with Gasteiger partial charge in [0.25, 0.3) is 11.6 Å². The molecule has 0 spiro atoms. The van der Waals surface area contributed by atoms with Crippen molar-refractivity contribution < 1.29 is 9.72 Å². The molecule has 4 aromatic rings. The highest BCUT2D eigenvalue weighted by Gasteiger charge is 2.19. The molecule has 26 heavy (non-hydrogen) atoms. The maximum Gasteiger partial charge on any atom is 0.273 e. The van der Waals surface area contributed by atoms with E-state index in [1.165, 1.54) is 23.5 Å². The van der Waals surface area contributed by atoms with Crippen LogP contribution >= 0.6 is 11.3 Å². The number of nitrogens with zero attached hydrogens (tertiary/aromatic N) is 2. The van der Waals surface area contributed by atoms with Crippen LogP contribution in [0.4, 0.5) is 10.8 Å². The Hall–Kier alpha value is -3.32. The van der Waals surface area contributed by atoms with Crippen molar-refractivity contribution in [3.63, 3.8) is 0 Å². The molecule has 1 aromatic heterocycles. The fraction of sp³-hybridized carbons (Fsp3) is 0.0526. The van der Waals surface area contributed by atoms with E-state index < -0.39 is 10.8 Å². The summed E-state index contributed by atoms with van der Waals surface area (Å²) in [5, 5.41) is 16.4. The van der Waals surface area contributed by atoms with Gasteiger partial charge < -0.3 is 0 Å². The summed E-state index contributed by atoms with van der Waals surface area (Å²) in [4.78, 5) is 27.7. The average molecular weight is 363 g/mol. The molecule has 0 fully saturated rings. The molecule has 128 valence electrons. The largest absolute Gasteiger partial charge is 0.298 e. The first-order valence-corrected chi connectivity index (χ1v) is 8.70. The van der Waals surface area contributed by atoms with Crippen LogP contribution in [0.5, 0.6) is 0 Å². The molecule has 0 saturated carbocycles. The van der Waals surface area contributed by atoms with Gasteiger partial charge in [0.15, 0.2) is 5.13 Å².